The highest BCUT2D eigenvalue weighted by Crippen LogP contribution is 2.27. The van der Waals surface area contributed by atoms with E-state index >= 15 is 0 Å². The van der Waals surface area contributed by atoms with Crippen molar-refractivity contribution in [3.8, 4) is 11.5 Å². The summed E-state index contributed by atoms with van der Waals surface area (Å²) in [5.74, 6) is 2.02. The summed E-state index contributed by atoms with van der Waals surface area (Å²) in [4.78, 5) is 11.2. The summed E-state index contributed by atoms with van der Waals surface area (Å²) in [7, 11) is 0. The minimum absolute atomic E-state index is 0.0541. The molecule has 0 saturated heterocycles. The van der Waals surface area contributed by atoms with Gasteiger partial charge in [-0.05, 0) is 38.0 Å². The van der Waals surface area contributed by atoms with Gasteiger partial charge in [0.25, 0.3) is 0 Å². The number of hydrogen-bond acceptors (Lipinski definition) is 6. The highest BCUT2D eigenvalue weighted by molar-refractivity contribution is 5.51. The van der Waals surface area contributed by atoms with E-state index in [1.54, 1.807) is 0 Å². The van der Waals surface area contributed by atoms with Crippen molar-refractivity contribution < 1.29 is 4.42 Å². The van der Waals surface area contributed by atoms with Crippen LogP contribution in [0.25, 0.3) is 11.5 Å². The second kappa shape index (κ2) is 6.13. The highest BCUT2D eigenvalue weighted by atomic mass is 16.4. The third-order valence-corrected chi connectivity index (χ3v) is 4.46. The molecular formula is C18H19N5O. The third kappa shape index (κ3) is 2.80. The first-order valence-electron chi connectivity index (χ1n) is 8.15. The van der Waals surface area contributed by atoms with E-state index in [9.17, 15) is 0 Å². The van der Waals surface area contributed by atoms with Crippen LogP contribution in [0.15, 0.2) is 40.9 Å². The van der Waals surface area contributed by atoms with Gasteiger partial charge in [0.15, 0.2) is 0 Å². The van der Waals surface area contributed by atoms with Gasteiger partial charge in [-0.15, -0.1) is 10.2 Å². The summed E-state index contributed by atoms with van der Waals surface area (Å²) < 4.78 is 5.90. The Morgan fingerprint density at radius 1 is 1.17 bits per heavy atom. The molecule has 24 heavy (non-hydrogen) atoms. The Morgan fingerprint density at radius 3 is 2.83 bits per heavy atom. The van der Waals surface area contributed by atoms with Crippen molar-refractivity contribution in [3.63, 3.8) is 0 Å². The number of aromatic nitrogens is 4. The Bertz CT molecular complexity index is 846. The summed E-state index contributed by atoms with van der Waals surface area (Å²) in [6.07, 6.45) is 2.89. The minimum Gasteiger partial charge on any atom is -0.419 e. The topological polar surface area (TPSA) is 67.9 Å². The van der Waals surface area contributed by atoms with Crippen molar-refractivity contribution in [2.24, 2.45) is 0 Å². The van der Waals surface area contributed by atoms with Crippen LogP contribution in [-0.4, -0.2) is 31.6 Å². The molecule has 6 nitrogen and oxygen atoms in total. The van der Waals surface area contributed by atoms with Gasteiger partial charge in [-0.25, -0.2) is 9.97 Å². The number of nitrogens with zero attached hydrogens (tertiary/aromatic N) is 5. The molecule has 0 aliphatic carbocycles. The third-order valence-electron chi connectivity index (χ3n) is 4.46. The molecule has 6 heteroatoms. The number of benzene rings is 1. The molecule has 0 bridgehead atoms. The maximum atomic E-state index is 5.90. The van der Waals surface area contributed by atoms with Crippen molar-refractivity contribution in [1.29, 1.82) is 0 Å². The summed E-state index contributed by atoms with van der Waals surface area (Å²) in [6, 6.07) is 9.90. The molecule has 3 heterocycles. The average molecular weight is 321 g/mol. The summed E-state index contributed by atoms with van der Waals surface area (Å²) in [5.41, 5.74) is 3.28. The van der Waals surface area contributed by atoms with Gasteiger partial charge in [0.05, 0.1) is 11.7 Å². The average Bonchev–Trinajstić information content (AvgIpc) is 3.11. The van der Waals surface area contributed by atoms with Crippen molar-refractivity contribution in [2.75, 3.05) is 6.54 Å². The fourth-order valence-electron chi connectivity index (χ4n) is 3.01. The monoisotopic (exact) mass is 321 g/mol. The van der Waals surface area contributed by atoms with Gasteiger partial charge >= 0.3 is 0 Å². The van der Waals surface area contributed by atoms with E-state index in [2.05, 4.69) is 32.0 Å². The van der Waals surface area contributed by atoms with E-state index < -0.39 is 0 Å². The van der Waals surface area contributed by atoms with Crippen LogP contribution in [0.4, 0.5) is 0 Å². The van der Waals surface area contributed by atoms with Gasteiger partial charge in [-0.2, -0.15) is 0 Å². The normalized spacial score (nSPS) is 15.9. The minimum atomic E-state index is 0.0541. The van der Waals surface area contributed by atoms with E-state index in [0.717, 1.165) is 36.6 Å². The lowest BCUT2D eigenvalue weighted by Gasteiger charge is -2.31. The van der Waals surface area contributed by atoms with Crippen LogP contribution in [0.3, 0.4) is 0 Å². The van der Waals surface area contributed by atoms with Crippen molar-refractivity contribution >= 4 is 0 Å². The standard InChI is InChI=1S/C18H19N5O/c1-12(17-21-22-18(24-17)14-6-4-3-5-7-14)23-9-8-15-10-19-13(2)20-16(15)11-23/h3-7,10,12H,8-9,11H2,1-2H3/t12-/m1/s1. The van der Waals surface area contributed by atoms with Crippen LogP contribution >= 0.6 is 0 Å². The van der Waals surface area contributed by atoms with E-state index in [1.807, 2.05) is 43.5 Å². The first-order chi connectivity index (χ1) is 11.7. The Hall–Kier alpha value is -2.60. The summed E-state index contributed by atoms with van der Waals surface area (Å²) in [5, 5.41) is 8.44. The van der Waals surface area contributed by atoms with Crippen molar-refractivity contribution in [3.05, 3.63) is 59.5 Å². The molecule has 1 aliphatic heterocycles. The molecule has 0 saturated carbocycles. The van der Waals surface area contributed by atoms with Crippen LogP contribution in [-0.2, 0) is 13.0 Å². The van der Waals surface area contributed by atoms with Crippen molar-refractivity contribution in [1.82, 2.24) is 25.1 Å². The predicted octanol–water partition coefficient (Wildman–Crippen LogP) is 2.95. The maximum Gasteiger partial charge on any atom is 0.247 e. The van der Waals surface area contributed by atoms with Gasteiger partial charge in [-0.1, -0.05) is 18.2 Å². The molecule has 1 aromatic carbocycles. The molecule has 1 atom stereocenters. The molecule has 2 aromatic heterocycles. The quantitative estimate of drug-likeness (QED) is 0.739. The highest BCUT2D eigenvalue weighted by Gasteiger charge is 2.26. The molecular weight excluding hydrogens is 302 g/mol. The SMILES string of the molecule is Cc1ncc2c(n1)CN([C@H](C)c1nnc(-c3ccccc3)o1)CC2. The Morgan fingerprint density at radius 2 is 2.00 bits per heavy atom. The smallest absolute Gasteiger partial charge is 0.247 e. The fourth-order valence-corrected chi connectivity index (χ4v) is 3.01. The summed E-state index contributed by atoms with van der Waals surface area (Å²) in [6.45, 7) is 5.74. The number of hydrogen-bond donors (Lipinski definition) is 0. The first-order valence-corrected chi connectivity index (χ1v) is 8.15. The van der Waals surface area contributed by atoms with E-state index in [-0.39, 0.29) is 6.04 Å². The van der Waals surface area contributed by atoms with Crippen LogP contribution in [0.5, 0.6) is 0 Å². The molecule has 4 rings (SSSR count). The van der Waals surface area contributed by atoms with E-state index in [0.29, 0.717) is 11.8 Å². The molecule has 0 spiro atoms. The zero-order valence-electron chi connectivity index (χ0n) is 13.8. The van der Waals surface area contributed by atoms with Crippen molar-refractivity contribution in [2.45, 2.75) is 32.9 Å². The molecule has 1 aliphatic rings. The Balaban J connectivity index is 1.54. The van der Waals surface area contributed by atoms with Crippen LogP contribution < -0.4 is 0 Å². The van der Waals surface area contributed by atoms with Gasteiger partial charge in [0.2, 0.25) is 11.8 Å². The van der Waals surface area contributed by atoms with Gasteiger partial charge in [0.1, 0.15) is 5.82 Å². The van der Waals surface area contributed by atoms with Gasteiger partial charge in [0, 0.05) is 24.8 Å². The number of fused-ring (bicyclic) bond motifs is 1. The molecule has 122 valence electrons. The van der Waals surface area contributed by atoms with E-state index in [1.165, 1.54) is 5.56 Å². The molecule has 0 unspecified atom stereocenters. The zero-order valence-corrected chi connectivity index (χ0v) is 13.8. The number of aryl methyl sites for hydroxylation is 1. The van der Waals surface area contributed by atoms with E-state index in [4.69, 9.17) is 4.42 Å². The zero-order chi connectivity index (χ0) is 16.5. The molecule has 3 aromatic rings. The van der Waals surface area contributed by atoms with Crippen LogP contribution in [0.2, 0.25) is 0 Å². The molecule has 0 N–H and O–H groups in total. The summed E-state index contributed by atoms with van der Waals surface area (Å²) >= 11 is 0. The maximum absolute atomic E-state index is 5.90. The molecule has 0 amide bonds. The first kappa shape index (κ1) is 15.0. The Labute approximate surface area is 140 Å². The lowest BCUT2D eigenvalue weighted by Crippen LogP contribution is -2.34. The van der Waals surface area contributed by atoms with Gasteiger partial charge < -0.3 is 4.42 Å². The lowest BCUT2D eigenvalue weighted by atomic mass is 10.1. The Kier molecular flexibility index (Phi) is 3.82. The second-order valence-electron chi connectivity index (χ2n) is 6.10. The van der Waals surface area contributed by atoms with Crippen LogP contribution in [0, 0.1) is 6.92 Å². The predicted molar refractivity (Wildman–Crippen MR) is 89.0 cm³/mol. The molecule has 0 fully saturated rings. The second-order valence-corrected chi connectivity index (χ2v) is 6.10. The lowest BCUT2D eigenvalue weighted by molar-refractivity contribution is 0.164. The molecule has 0 radical (unpaired) electrons. The van der Waals surface area contributed by atoms with Crippen LogP contribution in [0.1, 0.15) is 35.9 Å². The largest absolute Gasteiger partial charge is 0.419 e. The fraction of sp³-hybridized carbons (Fsp3) is 0.333. The van der Waals surface area contributed by atoms with Gasteiger partial charge in [-0.3, -0.25) is 4.90 Å². The number of rotatable bonds is 3.